The van der Waals surface area contributed by atoms with Gasteiger partial charge in [0.1, 0.15) is 5.76 Å². The number of carbonyl (C=O) groups excluding carboxylic acids is 1. The third kappa shape index (κ3) is 4.70. The summed E-state index contributed by atoms with van der Waals surface area (Å²) in [4.78, 5) is 25.6. The molecule has 3 rings (SSSR count). The molecule has 1 saturated heterocycles. The lowest BCUT2D eigenvalue weighted by molar-refractivity contribution is 0.0601. The van der Waals surface area contributed by atoms with Crippen LogP contribution in [-0.2, 0) is 9.47 Å². The van der Waals surface area contributed by atoms with E-state index < -0.39 is 5.97 Å². The zero-order chi connectivity index (χ0) is 18.2. The van der Waals surface area contributed by atoms with Crippen molar-refractivity contribution in [1.29, 1.82) is 0 Å². The highest BCUT2D eigenvalue weighted by atomic mass is 16.5. The molecule has 0 amide bonds. The molecule has 2 aromatic rings. The summed E-state index contributed by atoms with van der Waals surface area (Å²) in [6, 6.07) is 9.70. The third-order valence-electron chi connectivity index (χ3n) is 3.64. The summed E-state index contributed by atoms with van der Waals surface area (Å²) < 4.78 is 15.9. The molecular formula is C19H23NO5. The first-order valence-corrected chi connectivity index (χ1v) is 8.34. The highest BCUT2D eigenvalue weighted by Crippen LogP contribution is 2.24. The summed E-state index contributed by atoms with van der Waals surface area (Å²) in [6.45, 7) is 6.56. The van der Waals surface area contributed by atoms with Gasteiger partial charge < -0.3 is 18.8 Å². The van der Waals surface area contributed by atoms with E-state index in [9.17, 15) is 9.59 Å². The number of benzene rings is 1. The van der Waals surface area contributed by atoms with Crippen LogP contribution in [0.25, 0.3) is 11.3 Å². The Kier molecular flexibility index (Phi) is 6.77. The SMILES string of the molecule is CC.COC(=O)c1cccc(-c2cc(=O)cc(N3CCOCC3)o2)c1. The summed E-state index contributed by atoms with van der Waals surface area (Å²) in [5, 5.41) is 0. The number of esters is 1. The van der Waals surface area contributed by atoms with Crippen LogP contribution in [0.15, 0.2) is 45.6 Å². The van der Waals surface area contributed by atoms with E-state index in [4.69, 9.17) is 13.9 Å². The van der Waals surface area contributed by atoms with Crippen molar-refractivity contribution < 1.29 is 18.7 Å². The molecule has 0 spiro atoms. The average molecular weight is 345 g/mol. The summed E-state index contributed by atoms with van der Waals surface area (Å²) >= 11 is 0. The lowest BCUT2D eigenvalue weighted by Gasteiger charge is -2.27. The predicted octanol–water partition coefficient (Wildman–Crippen LogP) is 2.96. The lowest BCUT2D eigenvalue weighted by Crippen LogP contribution is -2.36. The molecular weight excluding hydrogens is 322 g/mol. The second-order valence-corrected chi connectivity index (χ2v) is 5.17. The standard InChI is InChI=1S/C17H17NO5.C2H6/c1-21-17(20)13-4-2-3-12(9-13)15-10-14(19)11-16(23-15)18-5-7-22-8-6-18;1-2/h2-4,9-11H,5-8H2,1H3;1-2H3. The first-order chi connectivity index (χ1) is 12.2. The lowest BCUT2D eigenvalue weighted by atomic mass is 10.1. The Labute approximate surface area is 147 Å². The molecule has 2 heterocycles. The van der Waals surface area contributed by atoms with Crippen LogP contribution >= 0.6 is 0 Å². The van der Waals surface area contributed by atoms with Gasteiger partial charge in [-0.05, 0) is 12.1 Å². The molecule has 1 aliphatic heterocycles. The van der Waals surface area contributed by atoms with Crippen molar-refractivity contribution in [3.8, 4) is 11.3 Å². The Hall–Kier alpha value is -2.60. The van der Waals surface area contributed by atoms with Gasteiger partial charge in [0, 0.05) is 30.8 Å². The molecule has 0 radical (unpaired) electrons. The van der Waals surface area contributed by atoms with Gasteiger partial charge in [0.2, 0.25) is 0 Å². The van der Waals surface area contributed by atoms with Gasteiger partial charge in [0.15, 0.2) is 11.3 Å². The average Bonchev–Trinajstić information content (AvgIpc) is 2.69. The zero-order valence-corrected chi connectivity index (χ0v) is 14.8. The smallest absolute Gasteiger partial charge is 0.337 e. The maximum atomic E-state index is 12.0. The summed E-state index contributed by atoms with van der Waals surface area (Å²) in [7, 11) is 1.33. The fraction of sp³-hybridized carbons (Fsp3) is 0.368. The summed E-state index contributed by atoms with van der Waals surface area (Å²) in [5.74, 6) is 0.502. The molecule has 0 saturated carbocycles. The van der Waals surface area contributed by atoms with Gasteiger partial charge in [-0.1, -0.05) is 26.0 Å². The minimum atomic E-state index is -0.432. The fourth-order valence-electron chi connectivity index (χ4n) is 2.46. The van der Waals surface area contributed by atoms with Crippen LogP contribution in [0.5, 0.6) is 0 Å². The largest absolute Gasteiger partial charge is 0.465 e. The van der Waals surface area contributed by atoms with Gasteiger partial charge in [-0.15, -0.1) is 0 Å². The van der Waals surface area contributed by atoms with Crippen molar-refractivity contribution >= 4 is 11.9 Å². The van der Waals surface area contributed by atoms with E-state index in [2.05, 4.69) is 0 Å². The van der Waals surface area contributed by atoms with Crippen LogP contribution < -0.4 is 10.3 Å². The molecule has 6 nitrogen and oxygen atoms in total. The predicted molar refractivity (Wildman–Crippen MR) is 96.1 cm³/mol. The topological polar surface area (TPSA) is 69.0 Å². The van der Waals surface area contributed by atoms with Crippen LogP contribution in [-0.4, -0.2) is 39.4 Å². The first-order valence-electron chi connectivity index (χ1n) is 8.34. The van der Waals surface area contributed by atoms with Gasteiger partial charge in [0.05, 0.1) is 25.9 Å². The fourth-order valence-corrected chi connectivity index (χ4v) is 2.46. The normalized spacial score (nSPS) is 13.6. The number of hydrogen-bond acceptors (Lipinski definition) is 6. The molecule has 0 unspecified atom stereocenters. The number of morpholine rings is 1. The Morgan fingerprint density at radius 1 is 1.12 bits per heavy atom. The molecule has 6 heteroatoms. The van der Waals surface area contributed by atoms with Crippen molar-refractivity contribution in [2.24, 2.45) is 0 Å². The quantitative estimate of drug-likeness (QED) is 0.797. The molecule has 1 aromatic carbocycles. The zero-order valence-electron chi connectivity index (χ0n) is 14.8. The number of hydrogen-bond donors (Lipinski definition) is 0. The second-order valence-electron chi connectivity index (χ2n) is 5.17. The summed E-state index contributed by atoms with van der Waals surface area (Å²) in [6.07, 6.45) is 0. The number of rotatable bonds is 3. The number of nitrogens with zero attached hydrogens (tertiary/aromatic N) is 1. The van der Waals surface area contributed by atoms with Crippen molar-refractivity contribution in [2.75, 3.05) is 38.3 Å². The van der Waals surface area contributed by atoms with Crippen molar-refractivity contribution in [3.63, 3.8) is 0 Å². The Balaban J connectivity index is 0.00000109. The Bertz CT molecular complexity index is 762. The van der Waals surface area contributed by atoms with E-state index in [-0.39, 0.29) is 5.43 Å². The van der Waals surface area contributed by atoms with Gasteiger partial charge in [-0.2, -0.15) is 0 Å². The van der Waals surface area contributed by atoms with Gasteiger partial charge in [0.25, 0.3) is 0 Å². The van der Waals surface area contributed by atoms with E-state index in [1.165, 1.54) is 19.2 Å². The molecule has 25 heavy (non-hydrogen) atoms. The number of anilines is 1. The van der Waals surface area contributed by atoms with Crippen molar-refractivity contribution in [3.05, 3.63) is 52.2 Å². The van der Waals surface area contributed by atoms with Gasteiger partial charge >= 0.3 is 5.97 Å². The summed E-state index contributed by atoms with van der Waals surface area (Å²) in [5.41, 5.74) is 0.917. The van der Waals surface area contributed by atoms with Crippen LogP contribution in [0.1, 0.15) is 24.2 Å². The highest BCUT2D eigenvalue weighted by molar-refractivity contribution is 5.90. The number of carbonyl (C=O) groups is 1. The van der Waals surface area contributed by atoms with E-state index in [1.807, 2.05) is 18.7 Å². The Morgan fingerprint density at radius 2 is 1.84 bits per heavy atom. The minimum Gasteiger partial charge on any atom is -0.465 e. The second kappa shape index (κ2) is 9.03. The van der Waals surface area contributed by atoms with E-state index >= 15 is 0 Å². The van der Waals surface area contributed by atoms with Crippen molar-refractivity contribution in [2.45, 2.75) is 13.8 Å². The molecule has 0 aliphatic carbocycles. The minimum absolute atomic E-state index is 0.142. The maximum Gasteiger partial charge on any atom is 0.337 e. The molecule has 1 aromatic heterocycles. The Morgan fingerprint density at radius 3 is 2.52 bits per heavy atom. The third-order valence-corrected chi connectivity index (χ3v) is 3.64. The molecule has 1 aliphatic rings. The van der Waals surface area contributed by atoms with Crippen molar-refractivity contribution in [1.82, 2.24) is 0 Å². The van der Waals surface area contributed by atoms with Crippen LogP contribution in [0.2, 0.25) is 0 Å². The van der Waals surface area contributed by atoms with Crippen LogP contribution in [0, 0.1) is 0 Å². The first kappa shape index (κ1) is 18.7. The molecule has 134 valence electrons. The molecule has 0 bridgehead atoms. The van der Waals surface area contributed by atoms with E-state index in [0.717, 1.165) is 0 Å². The van der Waals surface area contributed by atoms with Crippen LogP contribution in [0.3, 0.4) is 0 Å². The molecule has 1 fully saturated rings. The molecule has 0 atom stereocenters. The number of ether oxygens (including phenoxy) is 2. The highest BCUT2D eigenvalue weighted by Gasteiger charge is 2.16. The van der Waals surface area contributed by atoms with Gasteiger partial charge in [-0.3, -0.25) is 4.79 Å². The van der Waals surface area contributed by atoms with E-state index in [1.54, 1.807) is 24.3 Å². The van der Waals surface area contributed by atoms with Crippen LogP contribution in [0.4, 0.5) is 5.88 Å². The monoisotopic (exact) mass is 345 g/mol. The number of methoxy groups -OCH3 is 1. The van der Waals surface area contributed by atoms with E-state index in [0.29, 0.717) is 49.1 Å². The molecule has 0 N–H and O–H groups in total. The maximum absolute atomic E-state index is 12.0. The van der Waals surface area contributed by atoms with Gasteiger partial charge in [-0.25, -0.2) is 4.79 Å².